The van der Waals surface area contributed by atoms with E-state index in [0.29, 0.717) is 17.3 Å². The number of quaternary nitrogens is 1. The van der Waals surface area contributed by atoms with Crippen LogP contribution in [0.25, 0.3) is 0 Å². The Balaban J connectivity index is 1.82. The van der Waals surface area contributed by atoms with E-state index in [9.17, 15) is 10.1 Å². The molecule has 0 spiro atoms. The number of non-ortho nitro benzene ring substituents is 1. The lowest BCUT2D eigenvalue weighted by molar-refractivity contribution is -0.910. The third kappa shape index (κ3) is 6.09. The van der Waals surface area contributed by atoms with Gasteiger partial charge >= 0.3 is 0 Å². The first-order chi connectivity index (χ1) is 12.5. The summed E-state index contributed by atoms with van der Waals surface area (Å²) in [6.07, 6.45) is 0. The SMILES string of the molecule is CC[NH+](CC)Cc1ccc(CNC(=S)Nc2ccc([N+](=O)[O-])cc2)cc1. The molecule has 2 aromatic carbocycles. The van der Waals surface area contributed by atoms with Gasteiger partial charge in [-0.3, -0.25) is 10.1 Å². The van der Waals surface area contributed by atoms with Gasteiger partial charge in [-0.2, -0.15) is 0 Å². The van der Waals surface area contributed by atoms with Crippen molar-refractivity contribution in [1.82, 2.24) is 5.32 Å². The molecule has 6 nitrogen and oxygen atoms in total. The number of nitro benzene ring substituents is 1. The lowest BCUT2D eigenvalue weighted by Gasteiger charge is -2.15. The second-order valence-corrected chi connectivity index (χ2v) is 6.47. The zero-order valence-electron chi connectivity index (χ0n) is 15.1. The quantitative estimate of drug-likeness (QED) is 0.377. The number of hydrogen-bond donors (Lipinski definition) is 3. The van der Waals surface area contributed by atoms with Crippen LogP contribution in [0, 0.1) is 10.1 Å². The van der Waals surface area contributed by atoms with E-state index in [2.05, 4.69) is 48.7 Å². The molecule has 0 unspecified atom stereocenters. The van der Waals surface area contributed by atoms with Crippen LogP contribution < -0.4 is 15.5 Å². The van der Waals surface area contributed by atoms with Crippen LogP contribution in [0.4, 0.5) is 11.4 Å². The Morgan fingerprint density at radius 2 is 1.62 bits per heavy atom. The van der Waals surface area contributed by atoms with Gasteiger partial charge in [-0.25, -0.2) is 0 Å². The van der Waals surface area contributed by atoms with E-state index in [0.717, 1.165) is 25.2 Å². The third-order valence-electron chi connectivity index (χ3n) is 4.27. The fourth-order valence-corrected chi connectivity index (χ4v) is 2.78. The summed E-state index contributed by atoms with van der Waals surface area (Å²) < 4.78 is 0. The van der Waals surface area contributed by atoms with E-state index >= 15 is 0 Å². The molecule has 0 heterocycles. The van der Waals surface area contributed by atoms with Crippen molar-refractivity contribution in [3.63, 3.8) is 0 Å². The van der Waals surface area contributed by atoms with Crippen LogP contribution in [0.1, 0.15) is 25.0 Å². The molecule has 0 saturated carbocycles. The molecule has 0 aliphatic heterocycles. The van der Waals surface area contributed by atoms with Crippen molar-refractivity contribution in [2.24, 2.45) is 0 Å². The number of nitro groups is 1. The van der Waals surface area contributed by atoms with Crippen LogP contribution in [0.3, 0.4) is 0 Å². The molecular weight excluding hydrogens is 348 g/mol. The molecule has 0 aromatic heterocycles. The second-order valence-electron chi connectivity index (χ2n) is 6.06. The molecule has 26 heavy (non-hydrogen) atoms. The number of nitrogens with zero attached hydrogens (tertiary/aromatic N) is 1. The number of hydrogen-bond acceptors (Lipinski definition) is 3. The van der Waals surface area contributed by atoms with Crippen LogP contribution in [0.5, 0.6) is 0 Å². The first kappa shape index (κ1) is 19.8. The van der Waals surface area contributed by atoms with Crippen molar-refractivity contribution in [3.05, 3.63) is 69.8 Å². The predicted molar refractivity (Wildman–Crippen MR) is 108 cm³/mol. The first-order valence-electron chi connectivity index (χ1n) is 8.72. The molecule has 0 radical (unpaired) electrons. The topological polar surface area (TPSA) is 71.6 Å². The van der Waals surface area contributed by atoms with Gasteiger partial charge in [-0.1, -0.05) is 24.3 Å². The highest BCUT2D eigenvalue weighted by Gasteiger charge is 2.06. The predicted octanol–water partition coefficient (Wildman–Crippen LogP) is 2.51. The van der Waals surface area contributed by atoms with Crippen molar-refractivity contribution in [3.8, 4) is 0 Å². The minimum absolute atomic E-state index is 0.0565. The number of nitrogens with one attached hydrogen (secondary N) is 3. The van der Waals surface area contributed by atoms with Gasteiger partial charge in [0.2, 0.25) is 0 Å². The number of thiocarbonyl (C=S) groups is 1. The average molecular weight is 374 g/mol. The summed E-state index contributed by atoms with van der Waals surface area (Å²) in [4.78, 5) is 11.8. The Bertz CT molecular complexity index is 728. The molecule has 0 amide bonds. The molecule has 2 rings (SSSR count). The molecule has 0 aliphatic rings. The maximum Gasteiger partial charge on any atom is 0.269 e. The van der Waals surface area contributed by atoms with Crippen LogP contribution in [0.2, 0.25) is 0 Å². The Morgan fingerprint density at radius 3 is 2.15 bits per heavy atom. The molecule has 0 aliphatic carbocycles. The van der Waals surface area contributed by atoms with Crippen LogP contribution >= 0.6 is 12.2 Å². The Morgan fingerprint density at radius 1 is 1.04 bits per heavy atom. The summed E-state index contributed by atoms with van der Waals surface area (Å²) in [6, 6.07) is 14.7. The number of rotatable bonds is 8. The fourth-order valence-electron chi connectivity index (χ4n) is 2.59. The van der Waals surface area contributed by atoms with Crippen LogP contribution in [0.15, 0.2) is 48.5 Å². The minimum atomic E-state index is -0.425. The van der Waals surface area contributed by atoms with Crippen molar-refractivity contribution in [2.45, 2.75) is 26.9 Å². The van der Waals surface area contributed by atoms with Crippen LogP contribution in [-0.4, -0.2) is 23.1 Å². The van der Waals surface area contributed by atoms with E-state index in [-0.39, 0.29) is 5.69 Å². The van der Waals surface area contributed by atoms with Gasteiger partial charge in [-0.05, 0) is 43.8 Å². The molecule has 0 saturated heterocycles. The summed E-state index contributed by atoms with van der Waals surface area (Å²) >= 11 is 5.27. The number of benzene rings is 2. The lowest BCUT2D eigenvalue weighted by Crippen LogP contribution is -3.10. The molecule has 3 N–H and O–H groups in total. The zero-order chi connectivity index (χ0) is 18.9. The van der Waals surface area contributed by atoms with Gasteiger partial charge in [0.1, 0.15) is 6.54 Å². The molecule has 138 valence electrons. The average Bonchev–Trinajstić information content (AvgIpc) is 2.65. The first-order valence-corrected chi connectivity index (χ1v) is 9.13. The standard InChI is InChI=1S/C19H24N4O2S/c1-3-22(4-2)14-16-7-5-15(6-8-16)13-20-19(26)21-17-9-11-18(12-10-17)23(24)25/h5-12H,3-4,13-14H2,1-2H3,(H2,20,21,26)/p+1. The smallest absolute Gasteiger partial charge is 0.269 e. The Labute approximate surface area is 159 Å². The second kappa shape index (κ2) is 9.84. The van der Waals surface area contributed by atoms with Crippen molar-refractivity contribution >= 4 is 28.7 Å². The highest BCUT2D eigenvalue weighted by Crippen LogP contribution is 2.15. The summed E-state index contributed by atoms with van der Waals surface area (Å²) in [7, 11) is 0. The lowest BCUT2D eigenvalue weighted by atomic mass is 10.1. The highest BCUT2D eigenvalue weighted by molar-refractivity contribution is 7.80. The Kier molecular flexibility index (Phi) is 7.50. The zero-order valence-corrected chi connectivity index (χ0v) is 15.9. The number of anilines is 1. The maximum atomic E-state index is 10.7. The van der Waals surface area contributed by atoms with Crippen molar-refractivity contribution in [1.29, 1.82) is 0 Å². The van der Waals surface area contributed by atoms with Crippen LogP contribution in [-0.2, 0) is 13.1 Å². The fraction of sp³-hybridized carbons (Fsp3) is 0.316. The summed E-state index contributed by atoms with van der Waals surface area (Å²) in [6.45, 7) is 8.33. The van der Waals surface area contributed by atoms with Gasteiger partial charge in [0.25, 0.3) is 5.69 Å². The third-order valence-corrected chi connectivity index (χ3v) is 4.51. The molecular formula is C19H25N4O2S+. The van der Waals surface area contributed by atoms with Gasteiger partial charge in [-0.15, -0.1) is 0 Å². The molecule has 0 bridgehead atoms. The van der Waals surface area contributed by atoms with E-state index in [1.54, 1.807) is 17.0 Å². The van der Waals surface area contributed by atoms with E-state index in [1.165, 1.54) is 17.7 Å². The van der Waals surface area contributed by atoms with Crippen molar-refractivity contribution < 1.29 is 9.82 Å². The maximum absolute atomic E-state index is 10.7. The summed E-state index contributed by atoms with van der Waals surface area (Å²) in [5, 5.41) is 17.3. The largest absolute Gasteiger partial charge is 0.358 e. The molecule has 7 heteroatoms. The normalized spacial score (nSPS) is 10.6. The highest BCUT2D eigenvalue weighted by atomic mass is 32.1. The Hall–Kier alpha value is -2.51. The monoisotopic (exact) mass is 373 g/mol. The minimum Gasteiger partial charge on any atom is -0.358 e. The molecule has 0 atom stereocenters. The van der Waals surface area contributed by atoms with Gasteiger partial charge in [0, 0.05) is 29.9 Å². The van der Waals surface area contributed by atoms with Gasteiger partial charge in [0.15, 0.2) is 5.11 Å². The van der Waals surface area contributed by atoms with E-state index < -0.39 is 4.92 Å². The molecule has 2 aromatic rings. The summed E-state index contributed by atoms with van der Waals surface area (Å²) in [5.74, 6) is 0. The van der Waals surface area contributed by atoms with E-state index in [4.69, 9.17) is 12.2 Å². The van der Waals surface area contributed by atoms with Gasteiger partial charge in [0.05, 0.1) is 18.0 Å². The van der Waals surface area contributed by atoms with Crippen molar-refractivity contribution in [2.75, 3.05) is 18.4 Å². The molecule has 0 fully saturated rings. The van der Waals surface area contributed by atoms with Gasteiger partial charge < -0.3 is 15.5 Å². The van der Waals surface area contributed by atoms with E-state index in [1.807, 2.05) is 0 Å². The summed E-state index contributed by atoms with van der Waals surface area (Å²) in [5.41, 5.74) is 3.25.